The molecule has 0 aliphatic carbocycles. The van der Waals surface area contributed by atoms with Crippen LogP contribution in [0.3, 0.4) is 0 Å². The van der Waals surface area contributed by atoms with Gasteiger partial charge in [0.1, 0.15) is 11.9 Å². The number of amides is 2. The second kappa shape index (κ2) is 9.28. The molecule has 2 rings (SSSR count). The van der Waals surface area contributed by atoms with Crippen molar-refractivity contribution in [2.24, 2.45) is 5.92 Å². The normalized spacial score (nSPS) is 17.7. The summed E-state index contributed by atoms with van der Waals surface area (Å²) >= 11 is 0. The molecule has 1 aromatic rings. The Balaban J connectivity index is 1.96. The van der Waals surface area contributed by atoms with E-state index in [1.54, 1.807) is 11.0 Å². The molecule has 2 N–H and O–H groups in total. The van der Waals surface area contributed by atoms with Crippen molar-refractivity contribution in [2.75, 3.05) is 31.6 Å². The molecule has 142 valence electrons. The number of para-hydroxylation sites is 1. The van der Waals surface area contributed by atoms with Crippen LogP contribution in [0.4, 0.5) is 10.1 Å². The van der Waals surface area contributed by atoms with Crippen LogP contribution >= 0.6 is 0 Å². The van der Waals surface area contributed by atoms with Gasteiger partial charge in [-0.3, -0.25) is 19.3 Å². The molecule has 8 heteroatoms. The van der Waals surface area contributed by atoms with Gasteiger partial charge < -0.3 is 15.4 Å². The quantitative estimate of drug-likeness (QED) is 0.708. The first-order chi connectivity index (χ1) is 12.4. The Hall–Kier alpha value is -2.48. The number of nitrogens with one attached hydrogen (secondary N) is 2. The summed E-state index contributed by atoms with van der Waals surface area (Å²) in [6.07, 6.45) is -0.133. The third-order valence-electron chi connectivity index (χ3n) is 3.87. The monoisotopic (exact) mass is 365 g/mol. The smallest absolute Gasteiger partial charge is 0.307 e. The maximum absolute atomic E-state index is 13.6. The van der Waals surface area contributed by atoms with Gasteiger partial charge in [0, 0.05) is 13.1 Å². The van der Waals surface area contributed by atoms with Crippen LogP contribution in [0.5, 0.6) is 0 Å². The maximum atomic E-state index is 13.6. The zero-order chi connectivity index (χ0) is 19.1. The minimum Gasteiger partial charge on any atom is -0.465 e. The zero-order valence-electron chi connectivity index (χ0n) is 15.0. The van der Waals surface area contributed by atoms with E-state index in [1.165, 1.54) is 18.2 Å². The second-order valence-electron chi connectivity index (χ2n) is 6.59. The topological polar surface area (TPSA) is 87.7 Å². The van der Waals surface area contributed by atoms with Crippen LogP contribution in [0.1, 0.15) is 20.3 Å². The lowest BCUT2D eigenvalue weighted by atomic mass is 10.1. The van der Waals surface area contributed by atoms with Gasteiger partial charge in [0.05, 0.1) is 25.3 Å². The number of ether oxygens (including phenoxy) is 1. The van der Waals surface area contributed by atoms with E-state index in [4.69, 9.17) is 4.74 Å². The van der Waals surface area contributed by atoms with Gasteiger partial charge in [0.2, 0.25) is 11.8 Å². The summed E-state index contributed by atoms with van der Waals surface area (Å²) in [7, 11) is 0. The molecule has 1 aliphatic rings. The Morgan fingerprint density at radius 3 is 2.81 bits per heavy atom. The van der Waals surface area contributed by atoms with E-state index in [2.05, 4.69) is 10.6 Å². The first-order valence-electron chi connectivity index (χ1n) is 8.58. The van der Waals surface area contributed by atoms with Crippen molar-refractivity contribution in [2.45, 2.75) is 26.3 Å². The highest BCUT2D eigenvalue weighted by Crippen LogP contribution is 2.14. The van der Waals surface area contributed by atoms with Gasteiger partial charge in [-0.05, 0) is 18.1 Å². The molecule has 1 heterocycles. The average Bonchev–Trinajstić information content (AvgIpc) is 2.58. The van der Waals surface area contributed by atoms with E-state index < -0.39 is 23.7 Å². The molecular formula is C18H24FN3O4. The van der Waals surface area contributed by atoms with E-state index in [1.807, 2.05) is 13.8 Å². The lowest BCUT2D eigenvalue weighted by molar-refractivity contribution is -0.149. The van der Waals surface area contributed by atoms with Crippen molar-refractivity contribution in [1.29, 1.82) is 0 Å². The van der Waals surface area contributed by atoms with E-state index in [9.17, 15) is 18.8 Å². The molecule has 7 nitrogen and oxygen atoms in total. The molecule has 26 heavy (non-hydrogen) atoms. The number of piperazine rings is 1. The molecule has 0 spiro atoms. The molecule has 0 aromatic heterocycles. The minimum absolute atomic E-state index is 0.0758. The molecule has 1 aliphatic heterocycles. The summed E-state index contributed by atoms with van der Waals surface area (Å²) in [6.45, 7) is 4.78. The van der Waals surface area contributed by atoms with Crippen LogP contribution in [-0.2, 0) is 19.1 Å². The highest BCUT2D eigenvalue weighted by atomic mass is 19.1. The van der Waals surface area contributed by atoms with Crippen molar-refractivity contribution in [1.82, 2.24) is 10.2 Å². The van der Waals surface area contributed by atoms with E-state index >= 15 is 0 Å². The molecule has 0 radical (unpaired) electrons. The first kappa shape index (κ1) is 19.8. The number of carbonyl (C=O) groups is 3. The number of rotatable bonds is 7. The van der Waals surface area contributed by atoms with Gasteiger partial charge in [-0.15, -0.1) is 0 Å². The Morgan fingerprint density at radius 2 is 2.12 bits per heavy atom. The second-order valence-corrected chi connectivity index (χ2v) is 6.59. The Labute approximate surface area is 151 Å². The Kier molecular flexibility index (Phi) is 7.08. The van der Waals surface area contributed by atoms with Crippen LogP contribution in [-0.4, -0.2) is 55.0 Å². The first-order valence-corrected chi connectivity index (χ1v) is 8.58. The fourth-order valence-electron chi connectivity index (χ4n) is 2.59. The number of esters is 1. The third-order valence-corrected chi connectivity index (χ3v) is 3.87. The predicted molar refractivity (Wildman–Crippen MR) is 93.8 cm³/mol. The van der Waals surface area contributed by atoms with Gasteiger partial charge in [0.15, 0.2) is 0 Å². The summed E-state index contributed by atoms with van der Waals surface area (Å²) < 4.78 is 18.8. The fourth-order valence-corrected chi connectivity index (χ4v) is 2.59. The molecular weight excluding hydrogens is 341 g/mol. The molecule has 1 fully saturated rings. The standard InChI is InChI=1S/C18H24FN3O4/c1-12(2)11-26-17(24)9-15-18(25)20-7-8-22(15)10-16(23)21-14-6-4-3-5-13(14)19/h3-6,12,15H,7-11H2,1-2H3,(H,20,25)(H,21,23). The van der Waals surface area contributed by atoms with Crippen LogP contribution < -0.4 is 10.6 Å². The van der Waals surface area contributed by atoms with Gasteiger partial charge in [-0.2, -0.15) is 0 Å². The summed E-state index contributed by atoms with van der Waals surface area (Å²) in [5.74, 6) is -1.60. The molecule has 1 aromatic carbocycles. The lowest BCUT2D eigenvalue weighted by Gasteiger charge is -2.33. The fraction of sp³-hybridized carbons (Fsp3) is 0.500. The number of carbonyl (C=O) groups excluding carboxylic acids is 3. The van der Waals surface area contributed by atoms with E-state index in [0.717, 1.165) is 0 Å². The highest BCUT2D eigenvalue weighted by molar-refractivity contribution is 5.93. The maximum Gasteiger partial charge on any atom is 0.307 e. The number of nitrogens with zero attached hydrogens (tertiary/aromatic N) is 1. The van der Waals surface area contributed by atoms with Gasteiger partial charge in [-0.1, -0.05) is 26.0 Å². The van der Waals surface area contributed by atoms with E-state index in [0.29, 0.717) is 13.1 Å². The van der Waals surface area contributed by atoms with Crippen LogP contribution in [0.15, 0.2) is 24.3 Å². The number of hydrogen-bond acceptors (Lipinski definition) is 5. The SMILES string of the molecule is CC(C)COC(=O)CC1C(=O)NCCN1CC(=O)Nc1ccccc1F. The zero-order valence-corrected chi connectivity index (χ0v) is 15.0. The molecule has 1 saturated heterocycles. The van der Waals surface area contributed by atoms with Crippen molar-refractivity contribution in [3.05, 3.63) is 30.1 Å². The Bertz CT molecular complexity index is 666. The van der Waals surface area contributed by atoms with E-state index in [-0.39, 0.29) is 37.1 Å². The molecule has 1 atom stereocenters. The van der Waals surface area contributed by atoms with Gasteiger partial charge in [-0.25, -0.2) is 4.39 Å². The number of halogens is 1. The van der Waals surface area contributed by atoms with Crippen LogP contribution in [0, 0.1) is 11.7 Å². The van der Waals surface area contributed by atoms with Crippen molar-refractivity contribution in [3.63, 3.8) is 0 Å². The van der Waals surface area contributed by atoms with Crippen LogP contribution in [0.2, 0.25) is 0 Å². The number of anilines is 1. The highest BCUT2D eigenvalue weighted by Gasteiger charge is 2.33. The summed E-state index contributed by atoms with van der Waals surface area (Å²) in [5, 5.41) is 5.17. The number of benzene rings is 1. The predicted octanol–water partition coefficient (Wildman–Crippen LogP) is 1.15. The van der Waals surface area contributed by atoms with Gasteiger partial charge >= 0.3 is 5.97 Å². The van der Waals surface area contributed by atoms with Crippen LogP contribution in [0.25, 0.3) is 0 Å². The Morgan fingerprint density at radius 1 is 1.38 bits per heavy atom. The molecule has 0 bridgehead atoms. The number of hydrogen-bond donors (Lipinski definition) is 2. The summed E-state index contributed by atoms with van der Waals surface area (Å²) in [4.78, 5) is 37.9. The molecule has 1 unspecified atom stereocenters. The minimum atomic E-state index is -0.783. The molecule has 0 saturated carbocycles. The summed E-state index contributed by atoms with van der Waals surface area (Å²) in [5.41, 5.74) is 0.0758. The summed E-state index contributed by atoms with van der Waals surface area (Å²) in [6, 6.07) is 5.06. The van der Waals surface area contributed by atoms with Gasteiger partial charge in [0.25, 0.3) is 0 Å². The average molecular weight is 365 g/mol. The third kappa shape index (κ3) is 5.80. The van der Waals surface area contributed by atoms with Crippen molar-refractivity contribution in [3.8, 4) is 0 Å². The van der Waals surface area contributed by atoms with Crippen molar-refractivity contribution >= 4 is 23.5 Å². The lowest BCUT2D eigenvalue weighted by Crippen LogP contribution is -2.57. The molecule has 2 amide bonds. The largest absolute Gasteiger partial charge is 0.465 e. The van der Waals surface area contributed by atoms with Crippen molar-refractivity contribution < 1.29 is 23.5 Å².